The zero-order valence-corrected chi connectivity index (χ0v) is 12.9. The van der Waals surface area contributed by atoms with E-state index in [4.69, 9.17) is 4.74 Å². The first-order valence-electron chi connectivity index (χ1n) is 7.61. The van der Waals surface area contributed by atoms with E-state index in [2.05, 4.69) is 10.4 Å². The number of nitrogens with one attached hydrogen (secondary N) is 1. The zero-order chi connectivity index (χ0) is 14.5. The Morgan fingerprint density at radius 1 is 1.35 bits per heavy atom. The number of aliphatic hydroxyl groups excluding tert-OH is 1. The first-order chi connectivity index (χ1) is 9.67. The van der Waals surface area contributed by atoms with E-state index in [-0.39, 0.29) is 12.6 Å². The quantitative estimate of drug-likeness (QED) is 0.811. The molecule has 1 saturated carbocycles. The summed E-state index contributed by atoms with van der Waals surface area (Å²) in [7, 11) is 3.52. The van der Waals surface area contributed by atoms with Crippen LogP contribution in [0.2, 0.25) is 0 Å². The van der Waals surface area contributed by atoms with Crippen molar-refractivity contribution in [1.82, 2.24) is 15.1 Å². The third-order valence-electron chi connectivity index (χ3n) is 4.23. The van der Waals surface area contributed by atoms with Gasteiger partial charge in [-0.25, -0.2) is 4.68 Å². The first kappa shape index (κ1) is 15.3. The average Bonchev–Trinajstić information content (AvgIpc) is 2.61. The Morgan fingerprint density at radius 2 is 2.00 bits per heavy atom. The lowest BCUT2D eigenvalue weighted by Crippen LogP contribution is -2.34. The predicted octanol–water partition coefficient (Wildman–Crippen LogP) is 2.08. The Kier molecular flexibility index (Phi) is 5.43. The number of nitrogens with zero attached hydrogens (tertiary/aromatic N) is 2. The molecule has 1 atom stereocenters. The molecule has 5 heteroatoms. The average molecular weight is 281 g/mol. The predicted molar refractivity (Wildman–Crippen MR) is 78.9 cm³/mol. The Hall–Kier alpha value is -1.07. The molecule has 0 aliphatic heterocycles. The minimum absolute atomic E-state index is 0.0688. The third-order valence-corrected chi connectivity index (χ3v) is 4.23. The normalized spacial score (nSPS) is 18.8. The van der Waals surface area contributed by atoms with E-state index < -0.39 is 0 Å². The number of aromatic nitrogens is 2. The van der Waals surface area contributed by atoms with E-state index in [1.54, 1.807) is 11.8 Å². The Labute approximate surface area is 121 Å². The summed E-state index contributed by atoms with van der Waals surface area (Å²) in [6.45, 7) is 2.04. The molecule has 1 fully saturated rings. The van der Waals surface area contributed by atoms with Crippen molar-refractivity contribution in [3.05, 3.63) is 11.3 Å². The number of ether oxygens (including phenoxy) is 1. The molecule has 0 bridgehead atoms. The van der Waals surface area contributed by atoms with Gasteiger partial charge in [-0.2, -0.15) is 5.10 Å². The van der Waals surface area contributed by atoms with Crippen molar-refractivity contribution >= 4 is 0 Å². The van der Waals surface area contributed by atoms with Crippen LogP contribution in [0, 0.1) is 6.92 Å². The number of rotatable bonds is 5. The molecule has 1 aliphatic carbocycles. The van der Waals surface area contributed by atoms with Crippen molar-refractivity contribution < 1.29 is 9.84 Å². The van der Waals surface area contributed by atoms with E-state index in [9.17, 15) is 5.11 Å². The van der Waals surface area contributed by atoms with Gasteiger partial charge in [-0.1, -0.05) is 25.7 Å². The molecule has 0 aromatic carbocycles. The molecule has 20 heavy (non-hydrogen) atoms. The molecule has 2 rings (SSSR count). The van der Waals surface area contributed by atoms with Gasteiger partial charge in [0.15, 0.2) is 0 Å². The molecule has 1 aromatic rings. The SMILES string of the molecule is COc1c(C(CO)NC2CCCCCC2)c(C)nn1C. The monoisotopic (exact) mass is 281 g/mol. The summed E-state index contributed by atoms with van der Waals surface area (Å²) >= 11 is 0. The molecule has 5 nitrogen and oxygen atoms in total. The van der Waals surface area contributed by atoms with Crippen molar-refractivity contribution in [2.45, 2.75) is 57.5 Å². The second-order valence-electron chi connectivity index (χ2n) is 5.72. The zero-order valence-electron chi connectivity index (χ0n) is 12.9. The van der Waals surface area contributed by atoms with Crippen LogP contribution in [0.25, 0.3) is 0 Å². The van der Waals surface area contributed by atoms with Gasteiger partial charge in [-0.05, 0) is 19.8 Å². The minimum Gasteiger partial charge on any atom is -0.481 e. The topological polar surface area (TPSA) is 59.3 Å². The molecule has 0 spiro atoms. The van der Waals surface area contributed by atoms with Crippen molar-refractivity contribution in [3.8, 4) is 5.88 Å². The first-order valence-corrected chi connectivity index (χ1v) is 7.61. The lowest BCUT2D eigenvalue weighted by Gasteiger charge is -2.24. The maximum absolute atomic E-state index is 9.78. The fourth-order valence-electron chi connectivity index (χ4n) is 3.25. The third kappa shape index (κ3) is 3.33. The highest BCUT2D eigenvalue weighted by Gasteiger charge is 2.25. The molecule has 0 radical (unpaired) electrons. The van der Waals surface area contributed by atoms with E-state index in [0.717, 1.165) is 17.1 Å². The van der Waals surface area contributed by atoms with Gasteiger partial charge in [0, 0.05) is 13.1 Å². The van der Waals surface area contributed by atoms with Crippen LogP contribution in [-0.2, 0) is 7.05 Å². The van der Waals surface area contributed by atoms with Crippen molar-refractivity contribution in [2.75, 3.05) is 13.7 Å². The van der Waals surface area contributed by atoms with Crippen molar-refractivity contribution in [1.29, 1.82) is 0 Å². The molecule has 0 saturated heterocycles. The largest absolute Gasteiger partial charge is 0.481 e. The second-order valence-corrected chi connectivity index (χ2v) is 5.72. The fourth-order valence-corrected chi connectivity index (χ4v) is 3.25. The number of hydrogen-bond donors (Lipinski definition) is 2. The van der Waals surface area contributed by atoms with Gasteiger partial charge in [0.05, 0.1) is 31.0 Å². The van der Waals surface area contributed by atoms with Crippen LogP contribution in [0.15, 0.2) is 0 Å². The van der Waals surface area contributed by atoms with E-state index in [1.807, 2.05) is 14.0 Å². The highest BCUT2D eigenvalue weighted by Crippen LogP contribution is 2.29. The smallest absolute Gasteiger partial charge is 0.216 e. The molecule has 114 valence electrons. The molecular weight excluding hydrogens is 254 g/mol. The summed E-state index contributed by atoms with van der Waals surface area (Å²) in [6, 6.07) is 0.390. The van der Waals surface area contributed by atoms with Crippen LogP contribution in [0.1, 0.15) is 55.8 Å². The lowest BCUT2D eigenvalue weighted by atomic mass is 10.0. The molecule has 1 heterocycles. The van der Waals surface area contributed by atoms with Crippen LogP contribution in [-0.4, -0.2) is 34.6 Å². The minimum atomic E-state index is -0.0956. The molecule has 1 unspecified atom stereocenters. The number of aryl methyl sites for hydroxylation is 2. The number of aliphatic hydroxyl groups is 1. The highest BCUT2D eigenvalue weighted by atomic mass is 16.5. The van der Waals surface area contributed by atoms with Gasteiger partial charge in [0.1, 0.15) is 0 Å². The molecule has 2 N–H and O–H groups in total. The van der Waals surface area contributed by atoms with Crippen LogP contribution in [0.3, 0.4) is 0 Å². The van der Waals surface area contributed by atoms with Crippen molar-refractivity contribution in [2.24, 2.45) is 7.05 Å². The summed E-state index contributed by atoms with van der Waals surface area (Å²) < 4.78 is 7.18. The van der Waals surface area contributed by atoms with Crippen molar-refractivity contribution in [3.63, 3.8) is 0 Å². The van der Waals surface area contributed by atoms with Crippen LogP contribution in [0.5, 0.6) is 5.88 Å². The molecule has 1 aromatic heterocycles. The summed E-state index contributed by atoms with van der Waals surface area (Å²) in [5.41, 5.74) is 1.91. The number of methoxy groups -OCH3 is 1. The maximum atomic E-state index is 9.78. The van der Waals surface area contributed by atoms with Crippen LogP contribution in [0.4, 0.5) is 0 Å². The second kappa shape index (κ2) is 7.09. The van der Waals surface area contributed by atoms with E-state index in [1.165, 1.54) is 38.5 Å². The highest BCUT2D eigenvalue weighted by molar-refractivity contribution is 5.34. The van der Waals surface area contributed by atoms with E-state index in [0.29, 0.717) is 6.04 Å². The van der Waals surface area contributed by atoms with Crippen LogP contribution >= 0.6 is 0 Å². The Morgan fingerprint density at radius 3 is 2.55 bits per heavy atom. The van der Waals surface area contributed by atoms with Gasteiger partial charge in [0.2, 0.25) is 5.88 Å². The van der Waals surface area contributed by atoms with Gasteiger partial charge in [0.25, 0.3) is 0 Å². The summed E-state index contributed by atoms with van der Waals surface area (Å²) in [4.78, 5) is 0. The van der Waals surface area contributed by atoms with E-state index >= 15 is 0 Å². The Balaban J connectivity index is 2.15. The standard InChI is InChI=1S/C15H27N3O2/c1-11-14(15(20-3)18(2)17-11)13(10-19)16-12-8-6-4-5-7-9-12/h12-13,16,19H,4-10H2,1-3H3. The molecule has 0 amide bonds. The summed E-state index contributed by atoms with van der Waals surface area (Å²) in [5.74, 6) is 0.739. The van der Waals surface area contributed by atoms with Gasteiger partial charge < -0.3 is 15.2 Å². The fraction of sp³-hybridized carbons (Fsp3) is 0.800. The molecule has 1 aliphatic rings. The summed E-state index contributed by atoms with van der Waals surface area (Å²) in [6.07, 6.45) is 7.60. The van der Waals surface area contributed by atoms with Gasteiger partial charge in [-0.15, -0.1) is 0 Å². The Bertz CT molecular complexity index is 423. The number of hydrogen-bond acceptors (Lipinski definition) is 4. The maximum Gasteiger partial charge on any atom is 0.216 e. The lowest BCUT2D eigenvalue weighted by molar-refractivity contribution is 0.224. The van der Waals surface area contributed by atoms with Crippen LogP contribution < -0.4 is 10.1 Å². The van der Waals surface area contributed by atoms with Gasteiger partial charge in [-0.3, -0.25) is 0 Å². The molecular formula is C15H27N3O2. The summed E-state index contributed by atoms with van der Waals surface area (Å²) in [5, 5.41) is 17.8. The van der Waals surface area contributed by atoms with Gasteiger partial charge >= 0.3 is 0 Å².